The summed E-state index contributed by atoms with van der Waals surface area (Å²) in [5.41, 5.74) is 2.82. The number of aryl methyl sites for hydroxylation is 1. The van der Waals surface area contributed by atoms with Crippen molar-refractivity contribution in [3.8, 4) is 22.9 Å². The van der Waals surface area contributed by atoms with E-state index in [4.69, 9.17) is 9.84 Å². The number of halogens is 1. The van der Waals surface area contributed by atoms with Crippen LogP contribution in [0.4, 0.5) is 4.39 Å². The highest BCUT2D eigenvalue weighted by Crippen LogP contribution is 2.37. The predicted octanol–water partition coefficient (Wildman–Crippen LogP) is 5.53. The molecule has 3 aromatic rings. The van der Waals surface area contributed by atoms with Crippen LogP contribution in [0, 0.1) is 5.82 Å². The highest BCUT2D eigenvalue weighted by molar-refractivity contribution is 5.65. The summed E-state index contributed by atoms with van der Waals surface area (Å²) in [6, 6.07) is 16.7. The Balaban J connectivity index is 1.67. The fourth-order valence-electron chi connectivity index (χ4n) is 4.08. The maximum atomic E-state index is 13.8. The van der Waals surface area contributed by atoms with Crippen molar-refractivity contribution in [2.45, 2.75) is 57.7 Å². The summed E-state index contributed by atoms with van der Waals surface area (Å²) in [7, 11) is 1.85. The van der Waals surface area contributed by atoms with Gasteiger partial charge in [-0.25, -0.2) is 9.07 Å². The number of nitrogens with zero attached hydrogens (tertiary/aromatic N) is 3. The molecule has 1 aliphatic rings. The van der Waals surface area contributed by atoms with E-state index in [1.807, 2.05) is 37.4 Å². The molecular weight excluding hydrogens is 405 g/mol. The van der Waals surface area contributed by atoms with Crippen LogP contribution in [0.1, 0.15) is 44.6 Å². The van der Waals surface area contributed by atoms with Gasteiger partial charge in [0.05, 0.1) is 11.7 Å². The molecule has 1 fully saturated rings. The van der Waals surface area contributed by atoms with E-state index in [2.05, 4.69) is 11.8 Å². The van der Waals surface area contributed by atoms with Gasteiger partial charge in [-0.2, -0.15) is 5.10 Å². The summed E-state index contributed by atoms with van der Waals surface area (Å²) in [6.45, 7) is 3.40. The van der Waals surface area contributed by atoms with E-state index in [-0.39, 0.29) is 11.9 Å². The molecule has 4 rings (SSSR count). The van der Waals surface area contributed by atoms with Crippen LogP contribution in [0.3, 0.4) is 0 Å². The summed E-state index contributed by atoms with van der Waals surface area (Å²) in [6.07, 6.45) is 4.84. The third-order valence-electron chi connectivity index (χ3n) is 5.91. The predicted molar refractivity (Wildman–Crippen MR) is 124 cm³/mol. The zero-order chi connectivity index (χ0) is 22.5. The molecule has 0 spiro atoms. The Bertz CT molecular complexity index is 1020. The Morgan fingerprint density at radius 2 is 1.97 bits per heavy atom. The zero-order valence-electron chi connectivity index (χ0n) is 18.9. The van der Waals surface area contributed by atoms with Crippen molar-refractivity contribution in [3.05, 3.63) is 66.0 Å². The van der Waals surface area contributed by atoms with Crippen molar-refractivity contribution in [2.24, 2.45) is 7.05 Å². The number of hydrogen-bond donors (Lipinski definition) is 1. The van der Waals surface area contributed by atoms with Gasteiger partial charge in [0.1, 0.15) is 17.3 Å². The third kappa shape index (κ3) is 5.56. The van der Waals surface area contributed by atoms with Gasteiger partial charge in [0.2, 0.25) is 5.88 Å². The smallest absolute Gasteiger partial charge is 0.222 e. The molecule has 1 atom stereocenters. The molecule has 2 aromatic carbocycles. The molecule has 1 aromatic heterocycles. The molecule has 0 unspecified atom stereocenters. The Kier molecular flexibility index (Phi) is 7.22. The highest BCUT2D eigenvalue weighted by atomic mass is 19.1. The zero-order valence-corrected chi connectivity index (χ0v) is 18.9. The lowest BCUT2D eigenvalue weighted by molar-refractivity contribution is 0.0951. The number of rotatable bonds is 11. The maximum absolute atomic E-state index is 13.8. The first-order chi connectivity index (χ1) is 15.5. The first kappa shape index (κ1) is 22.5. The van der Waals surface area contributed by atoms with E-state index in [0.29, 0.717) is 30.8 Å². The molecule has 1 aliphatic carbocycles. The minimum Gasteiger partial charge on any atom is -0.439 e. The number of aliphatic hydroxyl groups excluding tert-OH is 1. The van der Waals surface area contributed by atoms with Gasteiger partial charge in [-0.15, -0.1) is 0 Å². The number of benzene rings is 2. The molecule has 1 N–H and O–H groups in total. The van der Waals surface area contributed by atoms with Crippen LogP contribution in [0.15, 0.2) is 54.6 Å². The Labute approximate surface area is 189 Å². The fraction of sp³-hybridized carbons (Fsp3) is 0.423. The summed E-state index contributed by atoms with van der Waals surface area (Å²) in [5.74, 6) is 0.700. The standard InChI is InChI=1S/C26H32FN3O2/c1-3-4-12-22(31)17-30(21-14-15-21)18-24-25(19-9-6-5-7-10-19)28-29(2)26(24)32-23-13-8-11-20(27)16-23/h5-11,13,16,21-22,31H,3-4,12,14-15,17-18H2,1-2H3/t22-/m0/s1. The van der Waals surface area contributed by atoms with Gasteiger partial charge < -0.3 is 9.84 Å². The molecule has 1 heterocycles. The summed E-state index contributed by atoms with van der Waals surface area (Å²) in [5, 5.41) is 15.4. The van der Waals surface area contributed by atoms with Crippen LogP contribution in [0.5, 0.6) is 11.6 Å². The minimum absolute atomic E-state index is 0.340. The second-order valence-corrected chi connectivity index (χ2v) is 8.64. The summed E-state index contributed by atoms with van der Waals surface area (Å²) < 4.78 is 21.7. The van der Waals surface area contributed by atoms with Gasteiger partial charge in [0, 0.05) is 37.8 Å². The molecular formula is C26H32FN3O2. The molecule has 32 heavy (non-hydrogen) atoms. The van der Waals surface area contributed by atoms with E-state index >= 15 is 0 Å². The maximum Gasteiger partial charge on any atom is 0.222 e. The lowest BCUT2D eigenvalue weighted by Gasteiger charge is -2.25. The molecule has 5 nitrogen and oxygen atoms in total. The number of ether oxygens (including phenoxy) is 1. The number of unbranched alkanes of at least 4 members (excludes halogenated alkanes) is 1. The van der Waals surface area contributed by atoms with Crippen molar-refractivity contribution in [2.75, 3.05) is 6.54 Å². The average Bonchev–Trinajstić information content (AvgIpc) is 3.59. The van der Waals surface area contributed by atoms with Crippen molar-refractivity contribution >= 4 is 0 Å². The molecule has 0 saturated heterocycles. The number of hydrogen-bond acceptors (Lipinski definition) is 4. The van der Waals surface area contributed by atoms with Gasteiger partial charge in [-0.1, -0.05) is 56.2 Å². The lowest BCUT2D eigenvalue weighted by Crippen LogP contribution is -2.34. The largest absolute Gasteiger partial charge is 0.439 e. The molecule has 0 radical (unpaired) electrons. The van der Waals surface area contributed by atoms with Crippen LogP contribution in [0.25, 0.3) is 11.3 Å². The Hall–Kier alpha value is -2.70. The Morgan fingerprint density at radius 1 is 1.19 bits per heavy atom. The van der Waals surface area contributed by atoms with Crippen molar-refractivity contribution in [1.29, 1.82) is 0 Å². The van der Waals surface area contributed by atoms with Crippen LogP contribution in [-0.2, 0) is 13.6 Å². The quantitative estimate of drug-likeness (QED) is 0.428. The molecule has 0 amide bonds. The molecule has 0 bridgehead atoms. The van der Waals surface area contributed by atoms with Crippen molar-refractivity contribution in [1.82, 2.24) is 14.7 Å². The third-order valence-corrected chi connectivity index (χ3v) is 5.91. The SMILES string of the molecule is CCCC[C@H](O)CN(Cc1c(-c2ccccc2)nn(C)c1Oc1cccc(F)c1)C1CC1. The normalized spacial score (nSPS) is 14.7. The van der Waals surface area contributed by atoms with Crippen LogP contribution >= 0.6 is 0 Å². The van der Waals surface area contributed by atoms with E-state index in [1.54, 1.807) is 16.8 Å². The second-order valence-electron chi connectivity index (χ2n) is 8.64. The first-order valence-electron chi connectivity index (χ1n) is 11.5. The molecule has 0 aliphatic heterocycles. The average molecular weight is 438 g/mol. The monoisotopic (exact) mass is 437 g/mol. The Morgan fingerprint density at radius 3 is 2.66 bits per heavy atom. The van der Waals surface area contributed by atoms with E-state index in [1.165, 1.54) is 12.1 Å². The van der Waals surface area contributed by atoms with E-state index < -0.39 is 0 Å². The van der Waals surface area contributed by atoms with Crippen LogP contribution in [-0.4, -0.2) is 38.5 Å². The molecule has 6 heteroatoms. The van der Waals surface area contributed by atoms with Gasteiger partial charge in [0.15, 0.2) is 0 Å². The van der Waals surface area contributed by atoms with E-state index in [0.717, 1.165) is 48.9 Å². The summed E-state index contributed by atoms with van der Waals surface area (Å²) >= 11 is 0. The van der Waals surface area contributed by atoms with Crippen molar-refractivity contribution in [3.63, 3.8) is 0 Å². The highest BCUT2D eigenvalue weighted by Gasteiger charge is 2.32. The topological polar surface area (TPSA) is 50.5 Å². The fourth-order valence-corrected chi connectivity index (χ4v) is 4.08. The van der Waals surface area contributed by atoms with E-state index in [9.17, 15) is 9.50 Å². The minimum atomic E-state index is -0.347. The molecule has 170 valence electrons. The molecule has 1 saturated carbocycles. The van der Waals surface area contributed by atoms with Gasteiger partial charge in [0.25, 0.3) is 0 Å². The number of aromatic nitrogens is 2. The van der Waals surface area contributed by atoms with Gasteiger partial charge >= 0.3 is 0 Å². The first-order valence-corrected chi connectivity index (χ1v) is 11.5. The lowest BCUT2D eigenvalue weighted by atomic mass is 10.1. The van der Waals surface area contributed by atoms with Gasteiger partial charge in [-0.05, 0) is 31.4 Å². The van der Waals surface area contributed by atoms with Gasteiger partial charge in [-0.3, -0.25) is 4.90 Å². The van der Waals surface area contributed by atoms with Crippen LogP contribution < -0.4 is 4.74 Å². The van der Waals surface area contributed by atoms with Crippen molar-refractivity contribution < 1.29 is 14.2 Å². The summed E-state index contributed by atoms with van der Waals surface area (Å²) in [4.78, 5) is 2.35. The van der Waals surface area contributed by atoms with Crippen LogP contribution in [0.2, 0.25) is 0 Å². The number of aliphatic hydroxyl groups is 1. The second kappa shape index (κ2) is 10.3.